The zero-order chi connectivity index (χ0) is 17.7. The summed E-state index contributed by atoms with van der Waals surface area (Å²) >= 11 is 0. The van der Waals surface area contributed by atoms with Gasteiger partial charge in [-0.05, 0) is 18.2 Å². The molecule has 0 amide bonds. The summed E-state index contributed by atoms with van der Waals surface area (Å²) in [4.78, 5) is 24.5. The molecule has 7 heteroatoms. The molecule has 0 unspecified atom stereocenters. The summed E-state index contributed by atoms with van der Waals surface area (Å²) < 4.78 is 0. The summed E-state index contributed by atoms with van der Waals surface area (Å²) in [7, 11) is 0. The first-order valence-electron chi connectivity index (χ1n) is 6.72. The lowest BCUT2D eigenvalue weighted by atomic mass is 10.0. The lowest BCUT2D eigenvalue weighted by Crippen LogP contribution is -1.97. The fourth-order valence-electron chi connectivity index (χ4n) is 1.99. The van der Waals surface area contributed by atoms with Gasteiger partial charge in [-0.25, -0.2) is 9.59 Å². The van der Waals surface area contributed by atoms with Crippen LogP contribution in [-0.2, 0) is 0 Å². The van der Waals surface area contributed by atoms with Gasteiger partial charge >= 0.3 is 11.9 Å². The third kappa shape index (κ3) is 3.58. The summed E-state index contributed by atoms with van der Waals surface area (Å²) in [5.74, 6) is -2.69. The molecule has 0 fully saturated rings. The van der Waals surface area contributed by atoms with Crippen LogP contribution in [0.25, 0.3) is 10.8 Å². The van der Waals surface area contributed by atoms with Crippen LogP contribution in [0.3, 0.4) is 0 Å². The Morgan fingerprint density at radius 1 is 0.875 bits per heavy atom. The summed E-state index contributed by atoms with van der Waals surface area (Å²) in [6.07, 6.45) is 2.84. The number of nitrogens with zero attached hydrogens (tertiary/aromatic N) is 1. The van der Waals surface area contributed by atoms with Gasteiger partial charge in [0.2, 0.25) is 0 Å². The predicted molar refractivity (Wildman–Crippen MR) is 85.4 cm³/mol. The minimum absolute atomic E-state index is 0.152. The molecule has 122 valence electrons. The maximum Gasteiger partial charge on any atom is 0.339 e. The average molecular weight is 327 g/mol. The first-order valence-corrected chi connectivity index (χ1v) is 6.72. The Hall–Kier alpha value is -3.61. The number of fused-ring (bicyclic) bond motifs is 1. The van der Waals surface area contributed by atoms with Crippen molar-refractivity contribution in [2.24, 2.45) is 0 Å². The van der Waals surface area contributed by atoms with Gasteiger partial charge in [0.25, 0.3) is 0 Å². The van der Waals surface area contributed by atoms with E-state index in [-0.39, 0.29) is 22.6 Å². The van der Waals surface area contributed by atoms with Gasteiger partial charge in [-0.15, -0.1) is 0 Å². The van der Waals surface area contributed by atoms with Gasteiger partial charge in [-0.3, -0.25) is 4.98 Å². The van der Waals surface area contributed by atoms with Gasteiger partial charge < -0.3 is 20.4 Å². The Morgan fingerprint density at radius 2 is 1.54 bits per heavy atom. The van der Waals surface area contributed by atoms with E-state index in [0.29, 0.717) is 10.8 Å². The number of aromatic hydroxyl groups is 2. The highest BCUT2D eigenvalue weighted by Crippen LogP contribution is 2.34. The number of aromatic nitrogens is 1. The van der Waals surface area contributed by atoms with Crippen molar-refractivity contribution in [1.29, 1.82) is 0 Å². The van der Waals surface area contributed by atoms with Crippen molar-refractivity contribution in [2.45, 2.75) is 0 Å². The topological polar surface area (TPSA) is 128 Å². The number of carbonyl (C=O) groups is 2. The van der Waals surface area contributed by atoms with Crippen LogP contribution in [0.2, 0.25) is 0 Å². The van der Waals surface area contributed by atoms with Crippen LogP contribution in [0, 0.1) is 0 Å². The quantitative estimate of drug-likeness (QED) is 0.533. The number of rotatable bonds is 2. The van der Waals surface area contributed by atoms with E-state index in [0.717, 1.165) is 6.07 Å². The number of pyridine rings is 1. The molecule has 0 aliphatic carbocycles. The molecule has 24 heavy (non-hydrogen) atoms. The summed E-state index contributed by atoms with van der Waals surface area (Å²) in [6, 6.07) is 10.6. The van der Waals surface area contributed by atoms with Crippen LogP contribution < -0.4 is 0 Å². The number of hydrogen-bond acceptors (Lipinski definition) is 5. The molecule has 0 radical (unpaired) electrons. The first-order chi connectivity index (χ1) is 11.4. The number of phenolic OH excluding ortho intramolecular Hbond substituents is 1. The smallest absolute Gasteiger partial charge is 0.339 e. The van der Waals surface area contributed by atoms with Crippen molar-refractivity contribution in [3.05, 3.63) is 66.0 Å². The average Bonchev–Trinajstić information content (AvgIpc) is 2.59. The second-order valence-corrected chi connectivity index (χ2v) is 4.69. The molecule has 0 saturated heterocycles. The van der Waals surface area contributed by atoms with Crippen LogP contribution in [-0.4, -0.2) is 37.3 Å². The minimum atomic E-state index is -1.27. The van der Waals surface area contributed by atoms with Gasteiger partial charge in [0.1, 0.15) is 17.1 Å². The van der Waals surface area contributed by atoms with Crippen molar-refractivity contribution in [1.82, 2.24) is 4.98 Å². The monoisotopic (exact) mass is 327 g/mol. The molecule has 0 aliphatic rings. The molecule has 0 atom stereocenters. The molecule has 0 saturated carbocycles. The zero-order valence-electron chi connectivity index (χ0n) is 12.2. The lowest BCUT2D eigenvalue weighted by Gasteiger charge is -2.06. The number of aromatic carboxylic acids is 2. The van der Waals surface area contributed by atoms with Crippen molar-refractivity contribution >= 4 is 22.7 Å². The third-order valence-corrected chi connectivity index (χ3v) is 3.13. The van der Waals surface area contributed by atoms with Crippen LogP contribution >= 0.6 is 0 Å². The van der Waals surface area contributed by atoms with Crippen LogP contribution in [0.5, 0.6) is 11.5 Å². The predicted octanol–water partition coefficient (Wildman–Crippen LogP) is 2.73. The van der Waals surface area contributed by atoms with Crippen molar-refractivity contribution < 1.29 is 30.0 Å². The fourth-order valence-corrected chi connectivity index (χ4v) is 1.99. The number of carboxylic acids is 2. The highest BCUT2D eigenvalue weighted by atomic mass is 16.4. The normalized spacial score (nSPS) is 9.83. The van der Waals surface area contributed by atoms with Crippen molar-refractivity contribution in [3.8, 4) is 11.5 Å². The van der Waals surface area contributed by atoms with E-state index in [1.807, 2.05) is 0 Å². The van der Waals surface area contributed by atoms with Gasteiger partial charge in [0.05, 0.1) is 5.56 Å². The number of carboxylic acid groups (broad SMARTS) is 2. The Kier molecular flexibility index (Phi) is 4.96. The van der Waals surface area contributed by atoms with Crippen LogP contribution in [0.15, 0.2) is 54.9 Å². The van der Waals surface area contributed by atoms with E-state index in [4.69, 9.17) is 10.2 Å². The van der Waals surface area contributed by atoms with Gasteiger partial charge in [-0.2, -0.15) is 0 Å². The molecule has 3 aromatic rings. The third-order valence-electron chi connectivity index (χ3n) is 3.13. The summed E-state index contributed by atoms with van der Waals surface area (Å²) in [6.45, 7) is 0. The van der Waals surface area contributed by atoms with E-state index >= 15 is 0 Å². The number of hydrogen-bond donors (Lipinski definition) is 4. The molecular weight excluding hydrogens is 314 g/mol. The molecule has 0 aliphatic heterocycles. The lowest BCUT2D eigenvalue weighted by molar-refractivity contribution is 0.0684. The number of benzene rings is 2. The maximum absolute atomic E-state index is 10.7. The standard InChI is InChI=1S/C11H8O4.C6H5NO2/c12-9-5-8(11(14)15)10(13)7-4-2-1-3-6(7)9;8-6(9)5-2-1-3-7-4-5/h1-5,12-13H,(H,14,15);1-4H,(H,8,9). The van der Waals surface area contributed by atoms with Crippen LogP contribution in [0.4, 0.5) is 0 Å². The molecular formula is C17H13NO6. The largest absolute Gasteiger partial charge is 0.507 e. The molecule has 2 aromatic carbocycles. The highest BCUT2D eigenvalue weighted by molar-refractivity contribution is 6.02. The maximum atomic E-state index is 10.7. The summed E-state index contributed by atoms with van der Waals surface area (Å²) in [5, 5.41) is 37.1. The molecule has 7 nitrogen and oxygen atoms in total. The SMILES string of the molecule is O=C(O)c1cc(O)c2ccccc2c1O.O=C(O)c1cccnc1. The second-order valence-electron chi connectivity index (χ2n) is 4.69. The molecule has 1 heterocycles. The van der Waals surface area contributed by atoms with Gasteiger partial charge in [0, 0.05) is 23.2 Å². The van der Waals surface area contributed by atoms with E-state index in [1.165, 1.54) is 18.5 Å². The molecule has 1 aromatic heterocycles. The van der Waals surface area contributed by atoms with Gasteiger partial charge in [0.15, 0.2) is 0 Å². The Labute approximate surface area is 136 Å². The van der Waals surface area contributed by atoms with Crippen LogP contribution in [0.1, 0.15) is 20.7 Å². The second kappa shape index (κ2) is 7.10. The molecule has 0 spiro atoms. The summed E-state index contributed by atoms with van der Waals surface area (Å²) in [5.41, 5.74) is -0.0799. The van der Waals surface area contributed by atoms with Crippen molar-refractivity contribution in [3.63, 3.8) is 0 Å². The fraction of sp³-hybridized carbons (Fsp3) is 0. The number of phenols is 2. The van der Waals surface area contributed by atoms with Crippen molar-refractivity contribution in [2.75, 3.05) is 0 Å². The van der Waals surface area contributed by atoms with E-state index in [2.05, 4.69) is 4.98 Å². The van der Waals surface area contributed by atoms with E-state index in [9.17, 15) is 19.8 Å². The van der Waals surface area contributed by atoms with E-state index in [1.54, 1.807) is 30.3 Å². The molecule has 3 rings (SSSR count). The minimum Gasteiger partial charge on any atom is -0.507 e. The van der Waals surface area contributed by atoms with Gasteiger partial charge in [-0.1, -0.05) is 24.3 Å². The molecule has 0 bridgehead atoms. The Morgan fingerprint density at radius 3 is 2.04 bits per heavy atom. The van der Waals surface area contributed by atoms with E-state index < -0.39 is 11.9 Å². The first kappa shape index (κ1) is 16.8. The zero-order valence-corrected chi connectivity index (χ0v) is 12.2. The molecule has 4 N–H and O–H groups in total. The highest BCUT2D eigenvalue weighted by Gasteiger charge is 2.15. The Balaban J connectivity index is 0.000000198. The Bertz CT molecular complexity index is 892.